The summed E-state index contributed by atoms with van der Waals surface area (Å²) in [5.74, 6) is 1.92. The first-order chi connectivity index (χ1) is 8.20. The third kappa shape index (κ3) is 2.74. The second kappa shape index (κ2) is 5.14. The van der Waals surface area contributed by atoms with Crippen molar-refractivity contribution in [2.24, 2.45) is 7.05 Å². The average molecular weight is 233 g/mol. The Morgan fingerprint density at radius 3 is 2.82 bits per heavy atom. The van der Waals surface area contributed by atoms with Gasteiger partial charge in [0.15, 0.2) is 5.82 Å². The molecule has 17 heavy (non-hydrogen) atoms. The molecule has 0 amide bonds. The summed E-state index contributed by atoms with van der Waals surface area (Å²) in [5, 5.41) is 11.5. The maximum atomic E-state index is 4.16. The first-order valence-electron chi connectivity index (χ1n) is 5.91. The normalized spacial score (nSPS) is 11.0. The van der Waals surface area contributed by atoms with Crippen molar-refractivity contribution in [1.29, 1.82) is 0 Å². The van der Waals surface area contributed by atoms with E-state index in [-0.39, 0.29) is 0 Å². The minimum atomic E-state index is 0.767. The minimum absolute atomic E-state index is 0.767. The second-order valence-electron chi connectivity index (χ2n) is 4.19. The molecule has 92 valence electrons. The van der Waals surface area contributed by atoms with Crippen molar-refractivity contribution < 1.29 is 0 Å². The van der Waals surface area contributed by atoms with Crippen molar-refractivity contribution in [3.05, 3.63) is 35.7 Å². The molecule has 0 saturated heterocycles. The van der Waals surface area contributed by atoms with E-state index in [1.807, 2.05) is 18.5 Å². The van der Waals surface area contributed by atoms with E-state index in [2.05, 4.69) is 45.5 Å². The SMILES string of the molecule is CCNCc1ccn(Cc2nnc(C)n2C)c1. The molecule has 0 radical (unpaired) electrons. The zero-order valence-corrected chi connectivity index (χ0v) is 10.6. The van der Waals surface area contributed by atoms with E-state index in [0.717, 1.165) is 31.3 Å². The van der Waals surface area contributed by atoms with Crippen LogP contribution in [0.15, 0.2) is 18.5 Å². The Morgan fingerprint density at radius 2 is 2.18 bits per heavy atom. The van der Waals surface area contributed by atoms with Crippen molar-refractivity contribution >= 4 is 0 Å². The predicted octanol–water partition coefficient (Wildman–Crippen LogP) is 1.08. The van der Waals surface area contributed by atoms with Gasteiger partial charge in [-0.25, -0.2) is 0 Å². The van der Waals surface area contributed by atoms with Gasteiger partial charge < -0.3 is 14.5 Å². The van der Waals surface area contributed by atoms with Gasteiger partial charge in [-0.3, -0.25) is 0 Å². The quantitative estimate of drug-likeness (QED) is 0.840. The number of aromatic nitrogens is 4. The van der Waals surface area contributed by atoms with Crippen molar-refractivity contribution in [3.8, 4) is 0 Å². The van der Waals surface area contributed by atoms with Crippen molar-refractivity contribution in [3.63, 3.8) is 0 Å². The van der Waals surface area contributed by atoms with Crippen molar-refractivity contribution in [1.82, 2.24) is 24.6 Å². The monoisotopic (exact) mass is 233 g/mol. The number of rotatable bonds is 5. The molecule has 2 aromatic rings. The number of hydrogen-bond donors (Lipinski definition) is 1. The van der Waals surface area contributed by atoms with Crippen LogP contribution in [0.2, 0.25) is 0 Å². The van der Waals surface area contributed by atoms with Crippen LogP contribution >= 0.6 is 0 Å². The highest BCUT2D eigenvalue weighted by atomic mass is 15.3. The molecule has 0 aromatic carbocycles. The summed E-state index contributed by atoms with van der Waals surface area (Å²) in [6, 6.07) is 2.13. The van der Waals surface area contributed by atoms with E-state index in [4.69, 9.17) is 0 Å². The summed E-state index contributed by atoms with van der Waals surface area (Å²) in [7, 11) is 1.99. The summed E-state index contributed by atoms with van der Waals surface area (Å²) < 4.78 is 4.15. The second-order valence-corrected chi connectivity index (χ2v) is 4.19. The van der Waals surface area contributed by atoms with Crippen LogP contribution in [-0.2, 0) is 20.1 Å². The molecule has 0 aliphatic rings. The fourth-order valence-corrected chi connectivity index (χ4v) is 1.71. The van der Waals surface area contributed by atoms with E-state index in [9.17, 15) is 0 Å². The summed E-state index contributed by atoms with van der Waals surface area (Å²) in [5.41, 5.74) is 1.30. The molecular weight excluding hydrogens is 214 g/mol. The Hall–Kier alpha value is -1.62. The van der Waals surface area contributed by atoms with Crippen molar-refractivity contribution in [2.75, 3.05) is 6.54 Å². The van der Waals surface area contributed by atoms with Crippen LogP contribution in [0.1, 0.15) is 24.1 Å². The molecule has 5 heteroatoms. The van der Waals surface area contributed by atoms with Gasteiger partial charge in [0, 0.05) is 26.0 Å². The van der Waals surface area contributed by atoms with Crippen LogP contribution < -0.4 is 5.32 Å². The number of aryl methyl sites for hydroxylation is 1. The lowest BCUT2D eigenvalue weighted by Gasteiger charge is -2.03. The van der Waals surface area contributed by atoms with E-state index >= 15 is 0 Å². The van der Waals surface area contributed by atoms with Gasteiger partial charge in [-0.05, 0) is 25.1 Å². The van der Waals surface area contributed by atoms with E-state index in [1.54, 1.807) is 0 Å². The third-order valence-corrected chi connectivity index (χ3v) is 2.90. The Labute approximate surface area is 101 Å². The van der Waals surface area contributed by atoms with Gasteiger partial charge in [0.1, 0.15) is 5.82 Å². The molecule has 0 aliphatic heterocycles. The highest BCUT2D eigenvalue weighted by molar-refractivity contribution is 5.11. The van der Waals surface area contributed by atoms with Gasteiger partial charge in [0.05, 0.1) is 6.54 Å². The van der Waals surface area contributed by atoms with Crippen LogP contribution in [-0.4, -0.2) is 25.9 Å². The molecule has 0 atom stereocenters. The Kier molecular flexibility index (Phi) is 3.58. The highest BCUT2D eigenvalue weighted by Crippen LogP contribution is 2.05. The van der Waals surface area contributed by atoms with E-state index in [0.29, 0.717) is 0 Å². The predicted molar refractivity (Wildman–Crippen MR) is 66.7 cm³/mol. The number of nitrogens with one attached hydrogen (secondary N) is 1. The molecule has 2 rings (SSSR count). The Bertz CT molecular complexity index is 483. The van der Waals surface area contributed by atoms with Crippen molar-refractivity contribution in [2.45, 2.75) is 26.9 Å². The number of hydrogen-bond acceptors (Lipinski definition) is 3. The summed E-state index contributed by atoms with van der Waals surface area (Å²) in [6.07, 6.45) is 4.23. The minimum Gasteiger partial charge on any atom is -0.346 e. The zero-order valence-electron chi connectivity index (χ0n) is 10.6. The lowest BCUT2D eigenvalue weighted by molar-refractivity contribution is 0.686. The number of nitrogens with zero attached hydrogens (tertiary/aromatic N) is 4. The first-order valence-corrected chi connectivity index (χ1v) is 5.91. The molecule has 0 unspecified atom stereocenters. The van der Waals surface area contributed by atoms with Crippen LogP contribution in [0.25, 0.3) is 0 Å². The fourth-order valence-electron chi connectivity index (χ4n) is 1.71. The molecule has 0 fully saturated rings. The summed E-state index contributed by atoms with van der Waals surface area (Å²) >= 11 is 0. The van der Waals surface area contributed by atoms with Gasteiger partial charge in [0.2, 0.25) is 0 Å². The largest absolute Gasteiger partial charge is 0.346 e. The van der Waals surface area contributed by atoms with Crippen LogP contribution in [0.5, 0.6) is 0 Å². The molecule has 2 aromatic heterocycles. The summed E-state index contributed by atoms with van der Waals surface area (Å²) in [6.45, 7) is 6.75. The van der Waals surface area contributed by atoms with Gasteiger partial charge in [0.25, 0.3) is 0 Å². The van der Waals surface area contributed by atoms with Gasteiger partial charge in [-0.15, -0.1) is 10.2 Å². The highest BCUT2D eigenvalue weighted by Gasteiger charge is 2.05. The van der Waals surface area contributed by atoms with Crippen LogP contribution in [0.4, 0.5) is 0 Å². The lowest BCUT2D eigenvalue weighted by Crippen LogP contribution is -2.11. The van der Waals surface area contributed by atoms with Gasteiger partial charge in [-0.1, -0.05) is 6.92 Å². The Balaban J connectivity index is 2.04. The zero-order chi connectivity index (χ0) is 12.3. The standard InChI is InChI=1S/C12H19N5/c1-4-13-7-11-5-6-17(8-11)9-12-15-14-10(2)16(12)3/h5-6,8,13H,4,7,9H2,1-3H3. The van der Waals surface area contributed by atoms with E-state index < -0.39 is 0 Å². The molecule has 0 aliphatic carbocycles. The molecule has 0 spiro atoms. The Morgan fingerprint density at radius 1 is 1.35 bits per heavy atom. The summed E-state index contributed by atoms with van der Waals surface area (Å²) in [4.78, 5) is 0. The fraction of sp³-hybridized carbons (Fsp3) is 0.500. The molecule has 0 saturated carbocycles. The molecular formula is C12H19N5. The maximum absolute atomic E-state index is 4.16. The topological polar surface area (TPSA) is 47.7 Å². The van der Waals surface area contributed by atoms with E-state index in [1.165, 1.54) is 5.56 Å². The smallest absolute Gasteiger partial charge is 0.152 e. The molecule has 0 bridgehead atoms. The average Bonchev–Trinajstić information content (AvgIpc) is 2.89. The molecule has 2 heterocycles. The maximum Gasteiger partial charge on any atom is 0.152 e. The van der Waals surface area contributed by atoms with Gasteiger partial charge in [-0.2, -0.15) is 0 Å². The first kappa shape index (κ1) is 11.9. The van der Waals surface area contributed by atoms with Crippen LogP contribution in [0.3, 0.4) is 0 Å². The lowest BCUT2D eigenvalue weighted by atomic mass is 10.3. The van der Waals surface area contributed by atoms with Crippen LogP contribution in [0, 0.1) is 6.92 Å². The third-order valence-electron chi connectivity index (χ3n) is 2.90. The molecule has 1 N–H and O–H groups in total. The molecule has 5 nitrogen and oxygen atoms in total. The van der Waals surface area contributed by atoms with Gasteiger partial charge >= 0.3 is 0 Å².